The quantitative estimate of drug-likeness (QED) is 0.849. The molecule has 2 unspecified atom stereocenters. The highest BCUT2D eigenvalue weighted by molar-refractivity contribution is 9.10. The van der Waals surface area contributed by atoms with Gasteiger partial charge in [0.05, 0.1) is 21.6 Å². The third-order valence-corrected chi connectivity index (χ3v) is 5.95. The second kappa shape index (κ2) is 5.35. The topological polar surface area (TPSA) is 59.1 Å². The molecule has 1 heterocycles. The highest BCUT2D eigenvalue weighted by atomic mass is 79.9. The smallest absolute Gasteiger partial charge is 0.152 e. The van der Waals surface area contributed by atoms with Crippen LogP contribution in [0.15, 0.2) is 16.7 Å². The maximum absolute atomic E-state index is 11.7. The molecule has 0 aliphatic heterocycles. The summed E-state index contributed by atoms with van der Waals surface area (Å²) in [4.78, 5) is 4.01. The van der Waals surface area contributed by atoms with Gasteiger partial charge in [-0.05, 0) is 41.3 Å². The van der Waals surface area contributed by atoms with Crippen molar-refractivity contribution >= 4 is 43.1 Å². The first-order valence-corrected chi connectivity index (χ1v) is 8.77. The lowest BCUT2D eigenvalue weighted by Crippen LogP contribution is -2.34. The number of aromatic nitrogens is 1. The molecule has 0 bridgehead atoms. The van der Waals surface area contributed by atoms with E-state index in [-0.39, 0.29) is 11.3 Å². The van der Waals surface area contributed by atoms with Crippen molar-refractivity contribution in [3.8, 4) is 0 Å². The fraction of sp³-hybridized carbons (Fsp3) is 0.545. The molecule has 2 atom stereocenters. The first-order valence-electron chi connectivity index (χ1n) is 5.64. The Labute approximate surface area is 120 Å². The Kier molecular flexibility index (Phi) is 4.18. The molecular weight excluding hydrogens is 340 g/mol. The molecule has 7 heteroatoms. The van der Waals surface area contributed by atoms with Gasteiger partial charge < -0.3 is 5.32 Å². The summed E-state index contributed by atoms with van der Waals surface area (Å²) in [6.45, 7) is 0. The number of hydrogen-bond donors (Lipinski definition) is 1. The molecule has 0 aromatic carbocycles. The van der Waals surface area contributed by atoms with Crippen LogP contribution in [-0.2, 0) is 9.84 Å². The summed E-state index contributed by atoms with van der Waals surface area (Å²) in [7, 11) is -3.01. The summed E-state index contributed by atoms with van der Waals surface area (Å²) in [5.74, 6) is 0. The van der Waals surface area contributed by atoms with Crippen molar-refractivity contribution in [3.05, 3.63) is 21.9 Å². The van der Waals surface area contributed by atoms with E-state index in [2.05, 4.69) is 26.2 Å². The second-order valence-electron chi connectivity index (χ2n) is 4.55. The molecular formula is C11H14BrClN2O2S. The van der Waals surface area contributed by atoms with Gasteiger partial charge in [-0.3, -0.25) is 0 Å². The van der Waals surface area contributed by atoms with Gasteiger partial charge in [-0.1, -0.05) is 11.6 Å². The summed E-state index contributed by atoms with van der Waals surface area (Å²) in [5.41, 5.74) is 0.784. The minimum Gasteiger partial charge on any atom is -0.380 e. The van der Waals surface area contributed by atoms with Crippen molar-refractivity contribution in [3.63, 3.8) is 0 Å². The summed E-state index contributed by atoms with van der Waals surface area (Å²) < 4.78 is 24.0. The number of halogens is 2. The average Bonchev–Trinajstić information content (AvgIpc) is 2.71. The number of nitrogens with zero attached hydrogens (tertiary/aromatic N) is 1. The predicted molar refractivity (Wildman–Crippen MR) is 76.8 cm³/mol. The summed E-state index contributed by atoms with van der Waals surface area (Å²) >= 11 is 9.11. The van der Waals surface area contributed by atoms with Gasteiger partial charge in [0.15, 0.2) is 9.84 Å². The van der Waals surface area contributed by atoms with Crippen molar-refractivity contribution in [1.29, 1.82) is 0 Å². The van der Waals surface area contributed by atoms with Crippen LogP contribution in [0.4, 0.5) is 5.69 Å². The molecule has 1 aromatic heterocycles. The SMILES string of the molecule is CS(=O)(=O)C1CCCC1Nc1cnc(Cl)c(Br)c1. The first kappa shape index (κ1) is 14.1. The Morgan fingerprint density at radius 1 is 1.50 bits per heavy atom. The minimum atomic E-state index is -3.01. The van der Waals surface area contributed by atoms with Crippen LogP contribution in [0, 0.1) is 0 Å². The number of sulfone groups is 1. The molecule has 18 heavy (non-hydrogen) atoms. The van der Waals surface area contributed by atoms with E-state index in [1.54, 1.807) is 6.20 Å². The highest BCUT2D eigenvalue weighted by Gasteiger charge is 2.34. The standard InChI is InChI=1S/C11H14BrClN2O2S/c1-18(16,17)10-4-2-3-9(10)15-7-5-8(12)11(13)14-6-7/h5-6,9-10,15H,2-4H2,1H3. The van der Waals surface area contributed by atoms with E-state index in [1.165, 1.54) is 6.26 Å². The lowest BCUT2D eigenvalue weighted by atomic mass is 10.2. The molecule has 4 nitrogen and oxygen atoms in total. The van der Waals surface area contributed by atoms with Crippen molar-refractivity contribution in [2.45, 2.75) is 30.6 Å². The van der Waals surface area contributed by atoms with Gasteiger partial charge in [-0.2, -0.15) is 0 Å². The zero-order valence-corrected chi connectivity index (χ0v) is 13.0. The number of hydrogen-bond acceptors (Lipinski definition) is 4. The monoisotopic (exact) mass is 352 g/mol. The van der Waals surface area contributed by atoms with E-state index in [0.717, 1.165) is 24.9 Å². The van der Waals surface area contributed by atoms with Crippen LogP contribution >= 0.6 is 27.5 Å². The van der Waals surface area contributed by atoms with Crippen molar-refractivity contribution in [2.24, 2.45) is 0 Å². The molecule has 1 N–H and O–H groups in total. The lowest BCUT2D eigenvalue weighted by Gasteiger charge is -2.20. The zero-order valence-electron chi connectivity index (χ0n) is 9.86. The summed E-state index contributed by atoms with van der Waals surface area (Å²) in [6, 6.07) is 1.77. The lowest BCUT2D eigenvalue weighted by molar-refractivity contribution is 0.579. The molecule has 2 rings (SSSR count). The van der Waals surface area contributed by atoms with Crippen LogP contribution in [-0.4, -0.2) is 30.9 Å². The molecule has 0 radical (unpaired) electrons. The van der Waals surface area contributed by atoms with Crippen LogP contribution in [0.5, 0.6) is 0 Å². The van der Waals surface area contributed by atoms with Gasteiger partial charge in [0.2, 0.25) is 0 Å². The first-order chi connectivity index (χ1) is 8.38. The predicted octanol–water partition coefficient (Wildman–Crippen LogP) is 2.88. The Hall–Kier alpha value is -0.330. The van der Waals surface area contributed by atoms with Crippen LogP contribution in [0.3, 0.4) is 0 Å². The Morgan fingerprint density at radius 2 is 2.22 bits per heavy atom. The van der Waals surface area contributed by atoms with Crippen LogP contribution in [0.2, 0.25) is 5.15 Å². The zero-order chi connectivity index (χ0) is 13.3. The number of rotatable bonds is 3. The molecule has 0 spiro atoms. The molecule has 1 aliphatic rings. The molecule has 1 aliphatic carbocycles. The molecule has 1 fully saturated rings. The van der Waals surface area contributed by atoms with Crippen molar-refractivity contribution < 1.29 is 8.42 Å². The fourth-order valence-corrected chi connectivity index (χ4v) is 4.17. The second-order valence-corrected chi connectivity index (χ2v) is 8.02. The normalized spacial score (nSPS) is 24.2. The van der Waals surface area contributed by atoms with Gasteiger partial charge in [0.25, 0.3) is 0 Å². The molecule has 0 amide bonds. The average molecular weight is 354 g/mol. The Bertz CT molecular complexity index is 550. The van der Waals surface area contributed by atoms with E-state index in [9.17, 15) is 8.42 Å². The van der Waals surface area contributed by atoms with Crippen molar-refractivity contribution in [1.82, 2.24) is 4.98 Å². The summed E-state index contributed by atoms with van der Waals surface area (Å²) in [6.07, 6.45) is 5.42. The van der Waals surface area contributed by atoms with E-state index in [4.69, 9.17) is 11.6 Å². The minimum absolute atomic E-state index is 0.0464. The Morgan fingerprint density at radius 3 is 2.83 bits per heavy atom. The highest BCUT2D eigenvalue weighted by Crippen LogP contribution is 2.29. The third-order valence-electron chi connectivity index (χ3n) is 3.15. The van der Waals surface area contributed by atoms with E-state index >= 15 is 0 Å². The van der Waals surface area contributed by atoms with Gasteiger partial charge in [0.1, 0.15) is 5.15 Å². The fourth-order valence-electron chi connectivity index (χ4n) is 2.32. The maximum atomic E-state index is 11.7. The number of nitrogens with one attached hydrogen (secondary N) is 1. The van der Waals surface area contributed by atoms with Crippen LogP contribution in [0.1, 0.15) is 19.3 Å². The summed E-state index contributed by atoms with van der Waals surface area (Å²) in [5, 5.41) is 3.32. The van der Waals surface area contributed by atoms with Gasteiger partial charge in [-0.15, -0.1) is 0 Å². The molecule has 1 saturated carbocycles. The maximum Gasteiger partial charge on any atom is 0.152 e. The van der Waals surface area contributed by atoms with Gasteiger partial charge >= 0.3 is 0 Å². The van der Waals surface area contributed by atoms with E-state index in [1.807, 2.05) is 6.07 Å². The van der Waals surface area contributed by atoms with E-state index in [0.29, 0.717) is 9.63 Å². The van der Waals surface area contributed by atoms with Crippen LogP contribution in [0.25, 0.3) is 0 Å². The van der Waals surface area contributed by atoms with Gasteiger partial charge in [-0.25, -0.2) is 13.4 Å². The largest absolute Gasteiger partial charge is 0.380 e. The third kappa shape index (κ3) is 3.16. The van der Waals surface area contributed by atoms with E-state index < -0.39 is 9.84 Å². The van der Waals surface area contributed by atoms with Gasteiger partial charge in [0, 0.05) is 12.3 Å². The molecule has 100 valence electrons. The number of pyridine rings is 1. The molecule has 0 saturated heterocycles. The van der Waals surface area contributed by atoms with Crippen LogP contribution < -0.4 is 5.32 Å². The van der Waals surface area contributed by atoms with Crippen molar-refractivity contribution in [2.75, 3.05) is 11.6 Å². The molecule has 1 aromatic rings. The Balaban J connectivity index is 2.16. The number of anilines is 1.